The number of anilines is 2. The fourth-order valence-electron chi connectivity index (χ4n) is 3.37. The second-order valence-corrected chi connectivity index (χ2v) is 5.73. The molecule has 6 heteroatoms. The first-order valence-electron chi connectivity index (χ1n) is 7.18. The van der Waals surface area contributed by atoms with Crippen LogP contribution in [0.4, 0.5) is 17.1 Å². The number of nitrogens with two attached hydrogens (primary N) is 1. The lowest BCUT2D eigenvalue weighted by Gasteiger charge is -2.35. The SMILES string of the molecule is Nc1cc([N+](=O)[O-])ccc1NC1CCN2CCCC2C1. The summed E-state index contributed by atoms with van der Waals surface area (Å²) in [4.78, 5) is 12.9. The highest BCUT2D eigenvalue weighted by molar-refractivity contribution is 5.69. The van der Waals surface area contributed by atoms with E-state index < -0.39 is 4.92 Å². The van der Waals surface area contributed by atoms with Crippen molar-refractivity contribution in [3.8, 4) is 0 Å². The van der Waals surface area contributed by atoms with Crippen molar-refractivity contribution in [3.05, 3.63) is 28.3 Å². The van der Waals surface area contributed by atoms with Crippen LogP contribution in [-0.4, -0.2) is 35.0 Å². The minimum atomic E-state index is -0.419. The molecular formula is C14H20N4O2. The first-order chi connectivity index (χ1) is 9.63. The third kappa shape index (κ3) is 2.56. The molecule has 1 aromatic rings. The molecule has 0 saturated carbocycles. The van der Waals surface area contributed by atoms with Crippen LogP contribution in [0.2, 0.25) is 0 Å². The van der Waals surface area contributed by atoms with Crippen LogP contribution in [0.25, 0.3) is 0 Å². The zero-order valence-electron chi connectivity index (χ0n) is 11.4. The number of fused-ring (bicyclic) bond motifs is 1. The number of nitrogens with one attached hydrogen (secondary N) is 1. The third-order valence-corrected chi connectivity index (χ3v) is 4.43. The number of nitrogen functional groups attached to an aromatic ring is 1. The van der Waals surface area contributed by atoms with Crippen molar-refractivity contribution in [2.24, 2.45) is 0 Å². The van der Waals surface area contributed by atoms with E-state index in [1.807, 2.05) is 0 Å². The largest absolute Gasteiger partial charge is 0.397 e. The molecule has 2 saturated heterocycles. The van der Waals surface area contributed by atoms with Gasteiger partial charge in [0.2, 0.25) is 0 Å². The van der Waals surface area contributed by atoms with Crippen molar-refractivity contribution in [2.45, 2.75) is 37.8 Å². The number of rotatable bonds is 3. The Bertz CT molecular complexity index is 520. The number of hydrogen-bond acceptors (Lipinski definition) is 5. The van der Waals surface area contributed by atoms with E-state index in [0.717, 1.165) is 25.1 Å². The predicted molar refractivity (Wildman–Crippen MR) is 78.7 cm³/mol. The quantitative estimate of drug-likeness (QED) is 0.502. The van der Waals surface area contributed by atoms with Crippen LogP contribution in [0.15, 0.2) is 18.2 Å². The van der Waals surface area contributed by atoms with E-state index in [9.17, 15) is 10.1 Å². The van der Waals surface area contributed by atoms with Crippen molar-refractivity contribution in [2.75, 3.05) is 24.1 Å². The molecule has 0 radical (unpaired) electrons. The molecule has 3 rings (SSSR count). The summed E-state index contributed by atoms with van der Waals surface area (Å²) in [6.45, 7) is 2.37. The summed E-state index contributed by atoms with van der Waals surface area (Å²) >= 11 is 0. The second kappa shape index (κ2) is 5.28. The van der Waals surface area contributed by atoms with Crippen LogP contribution in [0.1, 0.15) is 25.7 Å². The van der Waals surface area contributed by atoms with Gasteiger partial charge in [0, 0.05) is 30.8 Å². The Hall–Kier alpha value is -1.82. The second-order valence-electron chi connectivity index (χ2n) is 5.73. The monoisotopic (exact) mass is 276 g/mol. The Morgan fingerprint density at radius 2 is 2.20 bits per heavy atom. The average molecular weight is 276 g/mol. The Morgan fingerprint density at radius 3 is 2.95 bits per heavy atom. The number of nitrogens with zero attached hydrogens (tertiary/aromatic N) is 2. The number of nitro benzene ring substituents is 1. The molecule has 6 nitrogen and oxygen atoms in total. The van der Waals surface area contributed by atoms with E-state index in [1.54, 1.807) is 6.07 Å². The van der Waals surface area contributed by atoms with Gasteiger partial charge in [-0.05, 0) is 38.3 Å². The highest BCUT2D eigenvalue weighted by atomic mass is 16.6. The van der Waals surface area contributed by atoms with Crippen molar-refractivity contribution >= 4 is 17.1 Å². The average Bonchev–Trinajstić information content (AvgIpc) is 2.88. The molecule has 0 aliphatic carbocycles. The number of benzene rings is 1. The van der Waals surface area contributed by atoms with Crippen LogP contribution in [0.5, 0.6) is 0 Å². The number of hydrogen-bond donors (Lipinski definition) is 2. The van der Waals surface area contributed by atoms with Crippen LogP contribution >= 0.6 is 0 Å². The molecule has 0 aromatic heterocycles. The van der Waals surface area contributed by atoms with Gasteiger partial charge in [-0.2, -0.15) is 0 Å². The Labute approximate surface area is 118 Å². The summed E-state index contributed by atoms with van der Waals surface area (Å²) in [7, 11) is 0. The summed E-state index contributed by atoms with van der Waals surface area (Å²) < 4.78 is 0. The molecule has 2 aliphatic rings. The standard InChI is InChI=1S/C14H20N4O2/c15-13-9-12(18(19)20)3-4-14(13)16-10-5-7-17-6-1-2-11(17)8-10/h3-4,9-11,16H,1-2,5-8,15H2. The van der Waals surface area contributed by atoms with E-state index in [1.165, 1.54) is 31.5 Å². The first kappa shape index (κ1) is 13.2. The number of non-ortho nitro benzene ring substituents is 1. The normalized spacial score (nSPS) is 26.2. The van der Waals surface area contributed by atoms with Gasteiger partial charge in [-0.25, -0.2) is 0 Å². The summed E-state index contributed by atoms with van der Waals surface area (Å²) in [6.07, 6.45) is 4.83. The minimum Gasteiger partial charge on any atom is -0.397 e. The molecule has 0 spiro atoms. The maximum absolute atomic E-state index is 10.7. The van der Waals surface area contributed by atoms with Gasteiger partial charge < -0.3 is 16.0 Å². The Balaban J connectivity index is 1.67. The van der Waals surface area contributed by atoms with Crippen LogP contribution < -0.4 is 11.1 Å². The Kier molecular flexibility index (Phi) is 3.48. The molecule has 2 atom stereocenters. The van der Waals surface area contributed by atoms with E-state index >= 15 is 0 Å². The zero-order valence-corrected chi connectivity index (χ0v) is 11.4. The molecule has 2 aliphatic heterocycles. The minimum absolute atomic E-state index is 0.0404. The van der Waals surface area contributed by atoms with Gasteiger partial charge in [0.25, 0.3) is 5.69 Å². The summed E-state index contributed by atoms with van der Waals surface area (Å²) in [5.74, 6) is 0. The lowest BCUT2D eigenvalue weighted by atomic mass is 9.97. The van der Waals surface area contributed by atoms with Gasteiger partial charge in [0.1, 0.15) is 0 Å². The van der Waals surface area contributed by atoms with Gasteiger partial charge in [-0.3, -0.25) is 10.1 Å². The number of nitro groups is 1. The van der Waals surface area contributed by atoms with Gasteiger partial charge in [0.15, 0.2) is 0 Å². The third-order valence-electron chi connectivity index (χ3n) is 4.43. The fraction of sp³-hybridized carbons (Fsp3) is 0.571. The van der Waals surface area contributed by atoms with Crippen molar-refractivity contribution in [1.29, 1.82) is 0 Å². The summed E-state index contributed by atoms with van der Waals surface area (Å²) in [5, 5.41) is 14.2. The van der Waals surface area contributed by atoms with Gasteiger partial charge >= 0.3 is 0 Å². The van der Waals surface area contributed by atoms with E-state index in [4.69, 9.17) is 5.73 Å². The Morgan fingerprint density at radius 1 is 1.35 bits per heavy atom. The maximum Gasteiger partial charge on any atom is 0.271 e. The highest BCUT2D eigenvalue weighted by Gasteiger charge is 2.31. The lowest BCUT2D eigenvalue weighted by molar-refractivity contribution is -0.384. The number of piperidine rings is 1. The van der Waals surface area contributed by atoms with Crippen molar-refractivity contribution in [1.82, 2.24) is 4.90 Å². The van der Waals surface area contributed by atoms with Crippen LogP contribution in [-0.2, 0) is 0 Å². The van der Waals surface area contributed by atoms with Gasteiger partial charge in [-0.15, -0.1) is 0 Å². The maximum atomic E-state index is 10.7. The molecule has 2 fully saturated rings. The highest BCUT2D eigenvalue weighted by Crippen LogP contribution is 2.31. The molecule has 20 heavy (non-hydrogen) atoms. The van der Waals surface area contributed by atoms with Gasteiger partial charge in [0.05, 0.1) is 16.3 Å². The van der Waals surface area contributed by atoms with Crippen LogP contribution in [0, 0.1) is 10.1 Å². The fourth-order valence-corrected chi connectivity index (χ4v) is 3.37. The molecule has 108 valence electrons. The first-order valence-corrected chi connectivity index (χ1v) is 7.18. The molecule has 2 heterocycles. The summed E-state index contributed by atoms with van der Waals surface area (Å²) in [6, 6.07) is 5.75. The zero-order chi connectivity index (χ0) is 14.1. The molecular weight excluding hydrogens is 256 g/mol. The summed E-state index contributed by atoms with van der Waals surface area (Å²) in [5.41, 5.74) is 7.21. The van der Waals surface area contributed by atoms with Crippen molar-refractivity contribution in [3.63, 3.8) is 0 Å². The van der Waals surface area contributed by atoms with Gasteiger partial charge in [-0.1, -0.05) is 0 Å². The molecule has 3 N–H and O–H groups in total. The predicted octanol–water partition coefficient (Wildman–Crippen LogP) is 2.22. The van der Waals surface area contributed by atoms with Crippen molar-refractivity contribution < 1.29 is 4.92 Å². The molecule has 2 unspecified atom stereocenters. The molecule has 1 aromatic carbocycles. The van der Waals surface area contributed by atoms with E-state index in [0.29, 0.717) is 17.8 Å². The molecule has 0 bridgehead atoms. The van der Waals surface area contributed by atoms with E-state index in [-0.39, 0.29) is 5.69 Å². The van der Waals surface area contributed by atoms with E-state index in [2.05, 4.69) is 10.2 Å². The lowest BCUT2D eigenvalue weighted by Crippen LogP contribution is -2.42. The smallest absolute Gasteiger partial charge is 0.271 e. The topological polar surface area (TPSA) is 84.4 Å². The van der Waals surface area contributed by atoms with Crippen LogP contribution in [0.3, 0.4) is 0 Å². The molecule has 0 amide bonds.